The highest BCUT2D eigenvalue weighted by atomic mass is 19.1. The second-order valence-corrected chi connectivity index (χ2v) is 5.96. The first-order valence-electron chi connectivity index (χ1n) is 7.69. The molecule has 4 rings (SSSR count). The number of allylic oxidation sites excluding steroid dienone is 1. The summed E-state index contributed by atoms with van der Waals surface area (Å²) < 4.78 is 25.2. The van der Waals surface area contributed by atoms with Gasteiger partial charge in [-0.05, 0) is 12.1 Å². The zero-order valence-electron chi connectivity index (χ0n) is 13.0. The minimum absolute atomic E-state index is 0.0657. The molecule has 3 aliphatic rings. The number of nitrogens with two attached hydrogens (primary N) is 1. The molecular weight excluding hydrogens is 333 g/mol. The summed E-state index contributed by atoms with van der Waals surface area (Å²) in [5, 5.41) is 0. The van der Waals surface area contributed by atoms with Crippen molar-refractivity contribution in [3.63, 3.8) is 0 Å². The Morgan fingerprint density at radius 1 is 1.28 bits per heavy atom. The van der Waals surface area contributed by atoms with E-state index in [0.29, 0.717) is 23.7 Å². The van der Waals surface area contributed by atoms with Crippen LogP contribution >= 0.6 is 0 Å². The van der Waals surface area contributed by atoms with Crippen molar-refractivity contribution < 1.29 is 28.2 Å². The fourth-order valence-electron chi connectivity index (χ4n) is 3.14. The lowest BCUT2D eigenvalue weighted by atomic mass is 10.1. The van der Waals surface area contributed by atoms with Gasteiger partial charge in [0.25, 0.3) is 5.91 Å². The fourth-order valence-corrected chi connectivity index (χ4v) is 3.14. The van der Waals surface area contributed by atoms with Crippen molar-refractivity contribution in [2.75, 3.05) is 22.9 Å². The highest BCUT2D eigenvalue weighted by Crippen LogP contribution is 2.38. The number of carbonyl (C=O) groups excluding carboxylic acids is 3. The normalized spacial score (nSPS) is 22.0. The van der Waals surface area contributed by atoms with Crippen molar-refractivity contribution in [1.29, 1.82) is 0 Å². The minimum Gasteiger partial charge on any atom is -0.474 e. The first kappa shape index (κ1) is 15.4. The van der Waals surface area contributed by atoms with E-state index in [9.17, 15) is 18.8 Å². The summed E-state index contributed by atoms with van der Waals surface area (Å²) in [6.07, 6.45) is -0.198. The van der Waals surface area contributed by atoms with Gasteiger partial charge in [0.05, 0.1) is 17.9 Å². The Morgan fingerprint density at radius 2 is 2.08 bits per heavy atom. The molecule has 0 saturated carbocycles. The average Bonchev–Trinajstić information content (AvgIpc) is 2.96. The molecule has 25 heavy (non-hydrogen) atoms. The van der Waals surface area contributed by atoms with Gasteiger partial charge < -0.3 is 20.1 Å². The molecule has 2 amide bonds. The second kappa shape index (κ2) is 5.47. The summed E-state index contributed by atoms with van der Waals surface area (Å²) in [6.45, 7) is 0.317. The number of primary amides is 1. The molecule has 0 aromatic heterocycles. The number of hydrogen-bond acceptors (Lipinski definition) is 6. The Kier molecular flexibility index (Phi) is 3.38. The molecular formula is C16H14FN3O5. The van der Waals surface area contributed by atoms with Crippen LogP contribution in [0.1, 0.15) is 12.0 Å². The van der Waals surface area contributed by atoms with E-state index in [0.717, 1.165) is 4.90 Å². The van der Waals surface area contributed by atoms with Crippen molar-refractivity contribution in [2.45, 2.75) is 19.1 Å². The highest BCUT2D eigenvalue weighted by molar-refractivity contribution is 5.96. The van der Waals surface area contributed by atoms with Crippen LogP contribution in [0.3, 0.4) is 0 Å². The predicted octanol–water partition coefficient (Wildman–Crippen LogP) is 0.787. The molecule has 1 aromatic rings. The largest absolute Gasteiger partial charge is 0.474 e. The van der Waals surface area contributed by atoms with E-state index in [4.69, 9.17) is 15.2 Å². The molecule has 0 unspecified atom stereocenters. The number of nitrogens with zero attached hydrogens (tertiary/aromatic N) is 2. The van der Waals surface area contributed by atoms with Crippen molar-refractivity contribution in [3.05, 3.63) is 35.5 Å². The van der Waals surface area contributed by atoms with Crippen molar-refractivity contribution in [1.82, 2.24) is 0 Å². The molecule has 1 aromatic carbocycles. The van der Waals surface area contributed by atoms with Crippen molar-refractivity contribution in [3.8, 4) is 0 Å². The van der Waals surface area contributed by atoms with Gasteiger partial charge in [-0.3, -0.25) is 14.5 Å². The summed E-state index contributed by atoms with van der Waals surface area (Å²) in [6, 6.07) is 2.80. The number of cyclic esters (lactones) is 1. The molecule has 1 saturated heterocycles. The summed E-state index contributed by atoms with van der Waals surface area (Å²) in [7, 11) is 0. The Morgan fingerprint density at radius 3 is 2.80 bits per heavy atom. The number of amides is 2. The number of halogens is 1. The Bertz CT molecular complexity index is 837. The first-order valence-corrected chi connectivity index (χ1v) is 7.69. The number of hydrogen-bond donors (Lipinski definition) is 1. The van der Waals surface area contributed by atoms with Gasteiger partial charge in [-0.1, -0.05) is 0 Å². The molecule has 0 aliphatic carbocycles. The van der Waals surface area contributed by atoms with Gasteiger partial charge in [0.15, 0.2) is 17.8 Å². The standard InChI is InChI=1S/C16H14FN3O5/c17-11-4-9(20-6-12(15(18)22)25-16(20)23)3-8-7-24-13-5-10(21)1-2-19(13)14(8)11/h3-5,12H,1-2,6-7H2,(H2,18,22)/t12-/m1/s1. The molecule has 1 atom stereocenters. The van der Waals surface area contributed by atoms with Crippen LogP contribution in [0.25, 0.3) is 0 Å². The molecule has 3 aliphatic heterocycles. The Hall–Kier alpha value is -3.10. The van der Waals surface area contributed by atoms with Gasteiger partial charge >= 0.3 is 6.09 Å². The molecule has 0 radical (unpaired) electrons. The topological polar surface area (TPSA) is 102 Å². The maximum Gasteiger partial charge on any atom is 0.415 e. The molecule has 130 valence electrons. The molecule has 3 heterocycles. The predicted molar refractivity (Wildman–Crippen MR) is 83.1 cm³/mol. The first-order chi connectivity index (χ1) is 11.9. The molecule has 9 heteroatoms. The SMILES string of the molecule is NC(=O)[C@H]1CN(c2cc(F)c3c(c2)COC2=CC(=O)CCN23)C(=O)O1. The third kappa shape index (κ3) is 2.48. The lowest BCUT2D eigenvalue weighted by molar-refractivity contribution is -0.124. The van der Waals surface area contributed by atoms with Crippen LogP contribution in [0.2, 0.25) is 0 Å². The number of anilines is 2. The Labute approximate surface area is 141 Å². The van der Waals surface area contributed by atoms with E-state index in [2.05, 4.69) is 0 Å². The summed E-state index contributed by atoms with van der Waals surface area (Å²) in [4.78, 5) is 37.4. The van der Waals surface area contributed by atoms with Crippen LogP contribution in [-0.2, 0) is 25.7 Å². The number of carbonyl (C=O) groups is 3. The van der Waals surface area contributed by atoms with Gasteiger partial charge in [-0.15, -0.1) is 0 Å². The highest BCUT2D eigenvalue weighted by Gasteiger charge is 2.37. The van der Waals surface area contributed by atoms with Crippen molar-refractivity contribution in [2.24, 2.45) is 5.73 Å². The zero-order chi connectivity index (χ0) is 17.7. The molecule has 0 spiro atoms. The van der Waals surface area contributed by atoms with Gasteiger partial charge in [0, 0.05) is 24.6 Å². The fraction of sp³-hybridized carbons (Fsp3) is 0.312. The minimum atomic E-state index is -1.06. The van der Waals surface area contributed by atoms with E-state index in [1.54, 1.807) is 11.0 Å². The van der Waals surface area contributed by atoms with Crippen LogP contribution in [0.15, 0.2) is 24.1 Å². The average molecular weight is 347 g/mol. The van der Waals surface area contributed by atoms with Gasteiger partial charge in [-0.2, -0.15) is 0 Å². The maximum atomic E-state index is 14.8. The van der Waals surface area contributed by atoms with E-state index in [1.807, 2.05) is 0 Å². The number of ketones is 1. The van der Waals surface area contributed by atoms with Crippen LogP contribution in [0.5, 0.6) is 0 Å². The van der Waals surface area contributed by atoms with Gasteiger partial charge in [0.2, 0.25) is 0 Å². The number of rotatable bonds is 2. The van der Waals surface area contributed by atoms with Crippen LogP contribution in [0.4, 0.5) is 20.6 Å². The van der Waals surface area contributed by atoms with Crippen LogP contribution < -0.4 is 15.5 Å². The zero-order valence-corrected chi connectivity index (χ0v) is 13.0. The third-order valence-electron chi connectivity index (χ3n) is 4.35. The van der Waals surface area contributed by atoms with E-state index in [-0.39, 0.29) is 31.0 Å². The van der Waals surface area contributed by atoms with Gasteiger partial charge in [-0.25, -0.2) is 9.18 Å². The molecule has 1 fully saturated rings. The van der Waals surface area contributed by atoms with E-state index >= 15 is 0 Å². The summed E-state index contributed by atoms with van der Waals surface area (Å²) >= 11 is 0. The monoisotopic (exact) mass is 347 g/mol. The second-order valence-electron chi connectivity index (χ2n) is 5.96. The van der Waals surface area contributed by atoms with Crippen LogP contribution in [0, 0.1) is 5.82 Å². The number of ether oxygens (including phenoxy) is 2. The van der Waals surface area contributed by atoms with E-state index < -0.39 is 23.9 Å². The smallest absolute Gasteiger partial charge is 0.415 e. The van der Waals surface area contributed by atoms with Crippen LogP contribution in [-0.4, -0.2) is 37.0 Å². The maximum absolute atomic E-state index is 14.8. The molecule has 0 bridgehead atoms. The lowest BCUT2D eigenvalue weighted by Gasteiger charge is -2.35. The lowest BCUT2D eigenvalue weighted by Crippen LogP contribution is -2.36. The quantitative estimate of drug-likeness (QED) is 0.848. The van der Waals surface area contributed by atoms with Crippen molar-refractivity contribution >= 4 is 29.2 Å². The van der Waals surface area contributed by atoms with E-state index in [1.165, 1.54) is 12.1 Å². The Balaban J connectivity index is 1.70. The van der Waals surface area contributed by atoms with Gasteiger partial charge in [0.1, 0.15) is 12.4 Å². The molecule has 2 N–H and O–H groups in total. The summed E-state index contributed by atoms with van der Waals surface area (Å²) in [5.74, 6) is -1.05. The number of benzene rings is 1. The summed E-state index contributed by atoms with van der Waals surface area (Å²) in [5.41, 5.74) is 6.27. The molecule has 8 nitrogen and oxygen atoms in total. The number of fused-ring (bicyclic) bond motifs is 3. The third-order valence-corrected chi connectivity index (χ3v) is 4.35.